The van der Waals surface area contributed by atoms with Gasteiger partial charge in [0.25, 0.3) is 5.91 Å². The number of fused-ring (bicyclic) bond motifs is 2. The highest BCUT2D eigenvalue weighted by Gasteiger charge is 2.59. The topological polar surface area (TPSA) is 29.1 Å². The summed E-state index contributed by atoms with van der Waals surface area (Å²) >= 11 is 0. The van der Waals surface area contributed by atoms with Gasteiger partial charge in [0.2, 0.25) is 0 Å². The Bertz CT molecular complexity index is 539. The first-order valence-electron chi connectivity index (χ1n) is 5.48. The van der Waals surface area contributed by atoms with Gasteiger partial charge in [0.15, 0.2) is 0 Å². The Morgan fingerprint density at radius 2 is 2.00 bits per heavy atom. The van der Waals surface area contributed by atoms with Crippen molar-refractivity contribution in [2.75, 3.05) is 6.54 Å². The van der Waals surface area contributed by atoms with Crippen molar-refractivity contribution in [3.63, 3.8) is 0 Å². The molecule has 96 valence electrons. The first kappa shape index (κ1) is 11.5. The van der Waals surface area contributed by atoms with Gasteiger partial charge in [0, 0.05) is 17.5 Å². The maximum atomic E-state index is 13.5. The number of alkyl halides is 4. The van der Waals surface area contributed by atoms with Crippen LogP contribution in [-0.2, 0) is 11.6 Å². The Morgan fingerprint density at radius 3 is 2.56 bits per heavy atom. The average Bonchev–Trinajstić information content (AvgIpc) is 2.95. The lowest BCUT2D eigenvalue weighted by atomic mass is 9.86. The Morgan fingerprint density at radius 1 is 1.33 bits per heavy atom. The number of amides is 1. The molecule has 0 saturated heterocycles. The lowest BCUT2D eigenvalue weighted by Gasteiger charge is -2.26. The van der Waals surface area contributed by atoms with E-state index in [0.717, 1.165) is 18.2 Å². The molecule has 1 aliphatic heterocycles. The van der Waals surface area contributed by atoms with Crippen molar-refractivity contribution in [3.05, 3.63) is 34.9 Å². The van der Waals surface area contributed by atoms with Gasteiger partial charge >= 0.3 is 6.18 Å². The monoisotopic (exact) mass is 259 g/mol. The molecular weight excluding hydrogens is 250 g/mol. The zero-order valence-electron chi connectivity index (χ0n) is 9.14. The van der Waals surface area contributed by atoms with E-state index in [2.05, 4.69) is 5.32 Å². The Labute approximate surface area is 100.0 Å². The molecule has 1 saturated carbocycles. The molecule has 1 aromatic carbocycles. The quantitative estimate of drug-likeness (QED) is 0.712. The lowest BCUT2D eigenvalue weighted by molar-refractivity contribution is -0.137. The van der Waals surface area contributed by atoms with Crippen LogP contribution in [0.2, 0.25) is 0 Å². The molecule has 2 atom stereocenters. The van der Waals surface area contributed by atoms with E-state index in [4.69, 9.17) is 0 Å². The van der Waals surface area contributed by atoms with Gasteiger partial charge in [-0.1, -0.05) is 0 Å². The minimum atomic E-state index is -4.48. The number of nitrogens with one attached hydrogen (secondary N) is 1. The molecule has 0 unspecified atom stereocenters. The number of carbonyl (C=O) groups excluding carboxylic acids is 1. The van der Waals surface area contributed by atoms with Crippen molar-refractivity contribution < 1.29 is 22.4 Å². The summed E-state index contributed by atoms with van der Waals surface area (Å²) in [7, 11) is 0. The molecular formula is C12H9F4NO. The number of benzene rings is 1. The van der Waals surface area contributed by atoms with Crippen LogP contribution in [0.25, 0.3) is 0 Å². The highest BCUT2D eigenvalue weighted by atomic mass is 19.4. The smallest absolute Gasteiger partial charge is 0.351 e. The number of halogens is 4. The summed E-state index contributed by atoms with van der Waals surface area (Å²) in [5.74, 6) is -0.441. The second-order valence-corrected chi connectivity index (χ2v) is 4.77. The van der Waals surface area contributed by atoms with Crippen molar-refractivity contribution >= 4 is 5.91 Å². The van der Waals surface area contributed by atoms with Gasteiger partial charge in [-0.05, 0) is 30.2 Å². The highest BCUT2D eigenvalue weighted by Crippen LogP contribution is 2.53. The molecule has 0 radical (unpaired) electrons. The Kier molecular flexibility index (Phi) is 2.07. The third kappa shape index (κ3) is 1.44. The molecule has 1 spiro atoms. The van der Waals surface area contributed by atoms with Crippen LogP contribution in [0.15, 0.2) is 18.2 Å². The van der Waals surface area contributed by atoms with Gasteiger partial charge in [0.05, 0.1) is 5.56 Å². The van der Waals surface area contributed by atoms with Crippen LogP contribution in [0.5, 0.6) is 0 Å². The minimum absolute atomic E-state index is 0.0707. The average molecular weight is 259 g/mol. The van der Waals surface area contributed by atoms with Crippen molar-refractivity contribution in [2.45, 2.75) is 24.2 Å². The van der Waals surface area contributed by atoms with Crippen molar-refractivity contribution in [1.82, 2.24) is 5.32 Å². The third-order valence-electron chi connectivity index (χ3n) is 3.68. The van der Waals surface area contributed by atoms with Gasteiger partial charge in [-0.25, -0.2) is 4.39 Å². The first-order chi connectivity index (χ1) is 8.34. The van der Waals surface area contributed by atoms with Crippen molar-refractivity contribution in [2.24, 2.45) is 0 Å². The summed E-state index contributed by atoms with van der Waals surface area (Å²) in [6.07, 6.45) is -5.49. The molecule has 1 aliphatic carbocycles. The summed E-state index contributed by atoms with van der Waals surface area (Å²) in [5.41, 5.74) is -1.44. The predicted molar refractivity (Wildman–Crippen MR) is 55.0 cm³/mol. The van der Waals surface area contributed by atoms with Crippen LogP contribution >= 0.6 is 0 Å². The van der Waals surface area contributed by atoms with E-state index in [1.54, 1.807) is 0 Å². The van der Waals surface area contributed by atoms with E-state index in [0.29, 0.717) is 0 Å². The van der Waals surface area contributed by atoms with Crippen LogP contribution in [0, 0.1) is 0 Å². The molecule has 6 heteroatoms. The number of rotatable bonds is 0. The van der Waals surface area contributed by atoms with E-state index in [1.807, 2.05) is 0 Å². The van der Waals surface area contributed by atoms with Crippen LogP contribution < -0.4 is 5.32 Å². The third-order valence-corrected chi connectivity index (χ3v) is 3.68. The van der Waals surface area contributed by atoms with Crippen LogP contribution in [-0.4, -0.2) is 18.6 Å². The SMILES string of the molecule is O=C1NC[C@@]2(C[C@@H]2F)c2cc(C(F)(F)F)ccc21. The molecule has 2 aliphatic rings. The number of hydrogen-bond donors (Lipinski definition) is 1. The molecule has 1 fully saturated rings. The highest BCUT2D eigenvalue weighted by molar-refractivity contribution is 5.98. The molecule has 1 amide bonds. The second-order valence-electron chi connectivity index (χ2n) is 4.77. The van der Waals surface area contributed by atoms with Crippen molar-refractivity contribution in [1.29, 1.82) is 0 Å². The molecule has 1 aromatic rings. The van der Waals surface area contributed by atoms with E-state index < -0.39 is 29.2 Å². The fourth-order valence-corrected chi connectivity index (χ4v) is 2.48. The van der Waals surface area contributed by atoms with E-state index in [1.165, 1.54) is 0 Å². The fourth-order valence-electron chi connectivity index (χ4n) is 2.48. The molecule has 0 bridgehead atoms. The van der Waals surface area contributed by atoms with Gasteiger partial charge in [-0.2, -0.15) is 13.2 Å². The van der Waals surface area contributed by atoms with Crippen LogP contribution in [0.3, 0.4) is 0 Å². The molecule has 2 nitrogen and oxygen atoms in total. The summed E-state index contributed by atoms with van der Waals surface area (Å²) in [5, 5.41) is 2.52. The van der Waals surface area contributed by atoms with Crippen LogP contribution in [0.4, 0.5) is 17.6 Å². The second kappa shape index (κ2) is 3.24. The van der Waals surface area contributed by atoms with E-state index in [9.17, 15) is 22.4 Å². The molecule has 3 rings (SSSR count). The molecule has 1 heterocycles. The summed E-state index contributed by atoms with van der Waals surface area (Å²) in [4.78, 5) is 11.6. The largest absolute Gasteiger partial charge is 0.416 e. The summed E-state index contributed by atoms with van der Waals surface area (Å²) in [6.45, 7) is 0.0707. The van der Waals surface area contributed by atoms with Gasteiger partial charge in [-0.3, -0.25) is 4.79 Å². The zero-order valence-corrected chi connectivity index (χ0v) is 9.14. The number of hydrogen-bond acceptors (Lipinski definition) is 1. The Hall–Kier alpha value is -1.59. The molecule has 0 aromatic heterocycles. The van der Waals surface area contributed by atoms with Gasteiger partial charge in [-0.15, -0.1) is 0 Å². The molecule has 1 N–H and O–H groups in total. The lowest BCUT2D eigenvalue weighted by Crippen LogP contribution is -2.40. The zero-order chi connectivity index (χ0) is 13.1. The normalized spacial score (nSPS) is 30.0. The first-order valence-corrected chi connectivity index (χ1v) is 5.48. The van der Waals surface area contributed by atoms with Crippen LogP contribution in [0.1, 0.15) is 27.9 Å². The van der Waals surface area contributed by atoms with Gasteiger partial charge in [0.1, 0.15) is 6.17 Å². The number of carbonyl (C=O) groups is 1. The summed E-state index contributed by atoms with van der Waals surface area (Å²) < 4.78 is 51.3. The van der Waals surface area contributed by atoms with E-state index >= 15 is 0 Å². The van der Waals surface area contributed by atoms with Crippen molar-refractivity contribution in [3.8, 4) is 0 Å². The summed E-state index contributed by atoms with van der Waals surface area (Å²) in [6, 6.07) is 2.89. The van der Waals surface area contributed by atoms with E-state index in [-0.39, 0.29) is 24.1 Å². The molecule has 18 heavy (non-hydrogen) atoms. The maximum Gasteiger partial charge on any atom is 0.416 e. The predicted octanol–water partition coefficient (Wildman–Crippen LogP) is 2.43. The minimum Gasteiger partial charge on any atom is -0.351 e. The van der Waals surface area contributed by atoms with Gasteiger partial charge < -0.3 is 5.32 Å². The standard InChI is InChI=1S/C12H9F4NO/c13-9-4-11(9)5-17-10(18)7-2-1-6(3-8(7)11)12(14,15)16/h1-3,9H,4-5H2,(H,17,18)/t9-,11-/m0/s1. The fraction of sp³-hybridized carbons (Fsp3) is 0.417. The maximum absolute atomic E-state index is 13.5. The Balaban J connectivity index is 2.15.